The number of nitrogens with two attached hydrogens (primary N) is 3. The molecule has 14 heteroatoms. The van der Waals surface area contributed by atoms with Gasteiger partial charge in [-0.15, -0.1) is 0 Å². The highest BCUT2D eigenvalue weighted by molar-refractivity contribution is 7.80. The second kappa shape index (κ2) is 15.6. The van der Waals surface area contributed by atoms with Crippen LogP contribution in [0.4, 0.5) is 0 Å². The predicted octanol–water partition coefficient (Wildman–Crippen LogP) is -1.56. The number of benzene rings is 1. The summed E-state index contributed by atoms with van der Waals surface area (Å²) in [6, 6.07) is 1.60. The van der Waals surface area contributed by atoms with Crippen molar-refractivity contribution < 1.29 is 29.4 Å². The van der Waals surface area contributed by atoms with E-state index in [0.717, 1.165) is 0 Å². The predicted molar refractivity (Wildman–Crippen MR) is 142 cm³/mol. The van der Waals surface area contributed by atoms with Gasteiger partial charge in [0.25, 0.3) is 0 Å². The van der Waals surface area contributed by atoms with E-state index in [9.17, 15) is 29.4 Å². The van der Waals surface area contributed by atoms with Gasteiger partial charge >= 0.3 is 5.97 Å². The Morgan fingerprint density at radius 3 is 2.08 bits per heavy atom. The molecule has 1 aromatic rings. The fourth-order valence-electron chi connectivity index (χ4n) is 3.25. The summed E-state index contributed by atoms with van der Waals surface area (Å²) < 4.78 is 0. The number of aliphatic imine (C=N–C) groups is 1. The maximum absolute atomic E-state index is 13.2. The lowest BCUT2D eigenvalue weighted by Crippen LogP contribution is -2.59. The number of aliphatic carboxylic acids is 1. The molecule has 0 fully saturated rings. The van der Waals surface area contributed by atoms with E-state index in [-0.39, 0.29) is 49.2 Å². The molecule has 1 aromatic carbocycles. The molecule has 206 valence electrons. The maximum Gasteiger partial charge on any atom is 0.326 e. The van der Waals surface area contributed by atoms with Gasteiger partial charge in [-0.3, -0.25) is 19.4 Å². The van der Waals surface area contributed by atoms with E-state index in [1.54, 1.807) is 26.0 Å². The molecular formula is C23H37N7O6S. The second-order valence-corrected chi connectivity index (χ2v) is 9.16. The lowest BCUT2D eigenvalue weighted by molar-refractivity contribution is -0.142. The van der Waals surface area contributed by atoms with Gasteiger partial charge in [0, 0.05) is 18.7 Å². The Kier molecular flexibility index (Phi) is 13.3. The number of carbonyl (C=O) groups excluding carboxylic acids is 3. The first-order valence-electron chi connectivity index (χ1n) is 11.7. The van der Waals surface area contributed by atoms with Crippen molar-refractivity contribution in [1.29, 1.82) is 0 Å². The summed E-state index contributed by atoms with van der Waals surface area (Å²) in [6.07, 6.45) is 0.327. The summed E-state index contributed by atoms with van der Waals surface area (Å²) in [7, 11) is 0. The van der Waals surface area contributed by atoms with Gasteiger partial charge in [0.1, 0.15) is 23.9 Å². The van der Waals surface area contributed by atoms with E-state index in [1.807, 2.05) is 0 Å². The number of aromatic hydroxyl groups is 1. The van der Waals surface area contributed by atoms with Gasteiger partial charge in [-0.2, -0.15) is 12.6 Å². The summed E-state index contributed by atoms with van der Waals surface area (Å²) >= 11 is 3.99. The molecule has 0 aliphatic heterocycles. The topological polar surface area (TPSA) is 235 Å². The van der Waals surface area contributed by atoms with E-state index < -0.39 is 47.9 Å². The number of rotatable bonds is 15. The number of phenols is 1. The molecule has 0 saturated heterocycles. The number of thiol groups is 1. The number of carboxylic acids is 1. The molecular weight excluding hydrogens is 502 g/mol. The van der Waals surface area contributed by atoms with Crippen molar-refractivity contribution in [2.24, 2.45) is 28.1 Å². The third kappa shape index (κ3) is 11.4. The molecule has 0 aromatic heterocycles. The molecule has 0 radical (unpaired) electrons. The highest BCUT2D eigenvalue weighted by Crippen LogP contribution is 2.13. The van der Waals surface area contributed by atoms with E-state index in [0.29, 0.717) is 5.56 Å². The van der Waals surface area contributed by atoms with Crippen molar-refractivity contribution in [3.8, 4) is 5.75 Å². The van der Waals surface area contributed by atoms with Crippen LogP contribution in [0.25, 0.3) is 0 Å². The average molecular weight is 540 g/mol. The van der Waals surface area contributed by atoms with Crippen LogP contribution in [0, 0.1) is 5.92 Å². The van der Waals surface area contributed by atoms with Gasteiger partial charge in [-0.1, -0.05) is 26.0 Å². The molecule has 13 nitrogen and oxygen atoms in total. The summed E-state index contributed by atoms with van der Waals surface area (Å²) in [5, 5.41) is 26.7. The molecule has 0 spiro atoms. The zero-order valence-electron chi connectivity index (χ0n) is 20.9. The number of guanidine groups is 1. The van der Waals surface area contributed by atoms with Crippen molar-refractivity contribution in [1.82, 2.24) is 16.0 Å². The standard InChI is InChI=1S/C23H37N7O6S/c1-12(2)18(30-19(32)15(24)11-37)21(34)29-17(10-13-5-7-14(31)8-6-13)20(33)28-16(22(35)36)4-3-9-27-23(25)26/h5-8,12,15-18,31,37H,3-4,9-11,24H2,1-2H3,(H,28,33)(H,29,34)(H,30,32)(H,35,36)(H4,25,26,27). The van der Waals surface area contributed by atoms with Gasteiger partial charge < -0.3 is 43.4 Å². The molecule has 37 heavy (non-hydrogen) atoms. The first kappa shape index (κ1) is 31.5. The molecule has 4 unspecified atom stereocenters. The Morgan fingerprint density at radius 1 is 0.973 bits per heavy atom. The molecule has 3 amide bonds. The lowest BCUT2D eigenvalue weighted by Gasteiger charge is -2.27. The SMILES string of the molecule is CC(C)C(NC(=O)C(N)CS)C(=O)NC(Cc1ccc(O)cc1)C(=O)NC(CCCN=C(N)N)C(=O)O. The fraction of sp³-hybridized carbons (Fsp3) is 0.522. The minimum atomic E-state index is -1.26. The monoisotopic (exact) mass is 539 g/mol. The third-order valence-electron chi connectivity index (χ3n) is 5.35. The molecule has 11 N–H and O–H groups in total. The van der Waals surface area contributed by atoms with E-state index >= 15 is 0 Å². The van der Waals surface area contributed by atoms with E-state index in [4.69, 9.17) is 17.2 Å². The van der Waals surface area contributed by atoms with E-state index in [2.05, 4.69) is 33.6 Å². The minimum Gasteiger partial charge on any atom is -0.508 e. The van der Waals surface area contributed by atoms with Crippen molar-refractivity contribution in [2.45, 2.75) is 57.3 Å². The highest BCUT2D eigenvalue weighted by atomic mass is 32.1. The zero-order chi connectivity index (χ0) is 28.1. The molecule has 0 saturated carbocycles. The first-order valence-corrected chi connectivity index (χ1v) is 12.3. The largest absolute Gasteiger partial charge is 0.508 e. The van der Waals surface area contributed by atoms with Gasteiger partial charge in [0.15, 0.2) is 5.96 Å². The Hall–Kier alpha value is -3.52. The van der Waals surface area contributed by atoms with Crippen LogP contribution >= 0.6 is 12.6 Å². The number of nitrogens with one attached hydrogen (secondary N) is 3. The van der Waals surface area contributed by atoms with Gasteiger partial charge in [-0.25, -0.2) is 4.79 Å². The minimum absolute atomic E-state index is 0.00684. The third-order valence-corrected chi connectivity index (χ3v) is 5.74. The Labute approximate surface area is 221 Å². The Balaban J connectivity index is 3.09. The summed E-state index contributed by atoms with van der Waals surface area (Å²) in [5.41, 5.74) is 16.8. The maximum atomic E-state index is 13.2. The number of phenolic OH excluding ortho intramolecular Hbond substituents is 1. The van der Waals surface area contributed by atoms with Crippen LogP contribution in [-0.2, 0) is 25.6 Å². The van der Waals surface area contributed by atoms with Crippen molar-refractivity contribution in [3.05, 3.63) is 29.8 Å². The molecule has 4 atom stereocenters. The van der Waals surface area contributed by atoms with Gasteiger partial charge in [0.05, 0.1) is 6.04 Å². The number of hydrogen-bond donors (Lipinski definition) is 9. The van der Waals surface area contributed by atoms with Crippen LogP contribution in [-0.4, -0.2) is 76.3 Å². The van der Waals surface area contributed by atoms with Crippen molar-refractivity contribution in [3.63, 3.8) is 0 Å². The Morgan fingerprint density at radius 2 is 1.57 bits per heavy atom. The number of amides is 3. The fourth-order valence-corrected chi connectivity index (χ4v) is 3.42. The smallest absolute Gasteiger partial charge is 0.326 e. The quantitative estimate of drug-likeness (QED) is 0.0541. The normalized spacial score (nSPS) is 14.1. The Bertz CT molecular complexity index is 953. The molecule has 1 rings (SSSR count). The van der Waals surface area contributed by atoms with E-state index in [1.165, 1.54) is 12.1 Å². The number of nitrogens with zero attached hydrogens (tertiary/aromatic N) is 1. The zero-order valence-corrected chi connectivity index (χ0v) is 21.8. The van der Waals surface area contributed by atoms with Crippen LogP contribution in [0.1, 0.15) is 32.3 Å². The van der Waals surface area contributed by atoms with Crippen molar-refractivity contribution >= 4 is 42.3 Å². The first-order chi connectivity index (χ1) is 17.3. The number of carboxylic acid groups (broad SMARTS) is 1. The number of hydrogen-bond acceptors (Lipinski definition) is 8. The highest BCUT2D eigenvalue weighted by Gasteiger charge is 2.31. The second-order valence-electron chi connectivity index (χ2n) is 8.80. The lowest BCUT2D eigenvalue weighted by atomic mass is 10.00. The van der Waals surface area contributed by atoms with Crippen LogP contribution in [0.15, 0.2) is 29.3 Å². The molecule has 0 bridgehead atoms. The summed E-state index contributed by atoms with van der Waals surface area (Å²) in [6.45, 7) is 3.60. The van der Waals surface area contributed by atoms with Crippen LogP contribution in [0.5, 0.6) is 5.75 Å². The number of carbonyl (C=O) groups is 4. The van der Waals surface area contributed by atoms with Crippen LogP contribution in [0.2, 0.25) is 0 Å². The summed E-state index contributed by atoms with van der Waals surface area (Å²) in [4.78, 5) is 54.1. The summed E-state index contributed by atoms with van der Waals surface area (Å²) in [5.74, 6) is -3.61. The van der Waals surface area contributed by atoms with Crippen LogP contribution < -0.4 is 33.2 Å². The molecule has 0 heterocycles. The molecule has 0 aliphatic carbocycles. The average Bonchev–Trinajstić information content (AvgIpc) is 2.83. The van der Waals surface area contributed by atoms with Gasteiger partial charge in [0.2, 0.25) is 17.7 Å². The van der Waals surface area contributed by atoms with Crippen LogP contribution in [0.3, 0.4) is 0 Å². The van der Waals surface area contributed by atoms with Crippen molar-refractivity contribution in [2.75, 3.05) is 12.3 Å². The molecule has 0 aliphatic rings. The van der Waals surface area contributed by atoms with Gasteiger partial charge in [-0.05, 0) is 36.5 Å².